The fraction of sp³-hybridized carbons (Fsp3) is 0.529. The molecule has 1 fully saturated rings. The van der Waals surface area contributed by atoms with Gasteiger partial charge in [-0.3, -0.25) is 4.79 Å². The summed E-state index contributed by atoms with van der Waals surface area (Å²) in [5.74, 6) is 0.620. The highest BCUT2D eigenvalue weighted by molar-refractivity contribution is 7.71. The van der Waals surface area contributed by atoms with Crippen LogP contribution < -0.4 is 9.64 Å². The van der Waals surface area contributed by atoms with Crippen LogP contribution in [0.3, 0.4) is 0 Å². The van der Waals surface area contributed by atoms with Gasteiger partial charge in [0, 0.05) is 0 Å². The van der Waals surface area contributed by atoms with Crippen LogP contribution in [0.15, 0.2) is 24.3 Å². The second-order valence-corrected chi connectivity index (χ2v) is 6.69. The number of likely N-dealkylation sites (tertiary alicyclic amines) is 1. The van der Waals surface area contributed by atoms with E-state index in [9.17, 15) is 4.79 Å². The Bertz CT molecular complexity index is 801. The monoisotopic (exact) mass is 378 g/mol. The van der Waals surface area contributed by atoms with Crippen LogP contribution in [0.5, 0.6) is 5.75 Å². The van der Waals surface area contributed by atoms with Crippen molar-refractivity contribution in [2.45, 2.75) is 26.4 Å². The molecule has 8 nitrogen and oxygen atoms in total. The van der Waals surface area contributed by atoms with Gasteiger partial charge in [0.2, 0.25) is 4.77 Å². The molecule has 2 heterocycles. The van der Waals surface area contributed by atoms with Gasteiger partial charge < -0.3 is 14.4 Å². The predicted molar refractivity (Wildman–Crippen MR) is 96.8 cm³/mol. The van der Waals surface area contributed by atoms with Gasteiger partial charge in [-0.15, -0.1) is 0 Å². The lowest BCUT2D eigenvalue weighted by Gasteiger charge is -2.28. The number of rotatable bonds is 6. The number of nitrogens with one attached hydrogen (secondary N) is 1. The van der Waals surface area contributed by atoms with E-state index < -0.39 is 0 Å². The smallest absolute Gasteiger partial charge is 0.314 e. The Labute approximate surface area is 157 Å². The molecule has 1 unspecified atom stereocenters. The fourth-order valence-corrected chi connectivity index (χ4v) is 3.47. The first-order valence-corrected chi connectivity index (χ1v) is 9.20. The zero-order chi connectivity index (χ0) is 18.5. The van der Waals surface area contributed by atoms with Crippen molar-refractivity contribution in [3.8, 4) is 11.4 Å². The molecule has 0 saturated carbocycles. The molecule has 1 aliphatic heterocycles. The van der Waals surface area contributed by atoms with Crippen LogP contribution in [0, 0.1) is 10.7 Å². The van der Waals surface area contributed by atoms with Crippen molar-refractivity contribution < 1.29 is 19.2 Å². The number of methoxy groups -OCH3 is 1. The van der Waals surface area contributed by atoms with E-state index >= 15 is 0 Å². The molecule has 0 spiro atoms. The number of ether oxygens (including phenoxy) is 2. The van der Waals surface area contributed by atoms with Gasteiger partial charge in [0.25, 0.3) is 0 Å². The molecular formula is C17H24N5O3S+. The molecule has 2 atom stereocenters. The minimum atomic E-state index is -0.102. The average Bonchev–Trinajstić information content (AvgIpc) is 3.03. The molecule has 9 heteroatoms. The van der Waals surface area contributed by atoms with Gasteiger partial charge in [0.15, 0.2) is 6.67 Å². The Kier molecular flexibility index (Phi) is 6.00. The quantitative estimate of drug-likeness (QED) is 0.587. The number of quaternary nitrogens is 1. The second-order valence-electron chi connectivity index (χ2n) is 6.32. The summed E-state index contributed by atoms with van der Waals surface area (Å²) in [5, 5.41) is 8.36. The van der Waals surface area contributed by atoms with E-state index in [0.717, 1.165) is 37.4 Å². The molecule has 0 radical (unpaired) electrons. The highest BCUT2D eigenvalue weighted by Crippen LogP contribution is 2.14. The summed E-state index contributed by atoms with van der Waals surface area (Å²) in [7, 11) is 1.63. The lowest BCUT2D eigenvalue weighted by atomic mass is 9.99. The van der Waals surface area contributed by atoms with Crippen molar-refractivity contribution in [1.82, 2.24) is 19.8 Å². The zero-order valence-corrected chi connectivity index (χ0v) is 15.9. The molecule has 1 N–H and O–H groups in total. The minimum Gasteiger partial charge on any atom is -0.497 e. The van der Waals surface area contributed by atoms with Crippen molar-refractivity contribution in [2.24, 2.45) is 5.92 Å². The van der Waals surface area contributed by atoms with Crippen molar-refractivity contribution in [1.29, 1.82) is 0 Å². The van der Waals surface area contributed by atoms with Gasteiger partial charge in [-0.25, -0.2) is 0 Å². The first-order valence-electron chi connectivity index (χ1n) is 8.79. The summed E-state index contributed by atoms with van der Waals surface area (Å²) in [6.07, 6.45) is 1.87. The van der Waals surface area contributed by atoms with Gasteiger partial charge in [0.05, 0.1) is 32.5 Å². The molecule has 0 amide bonds. The van der Waals surface area contributed by atoms with E-state index in [4.69, 9.17) is 21.7 Å². The summed E-state index contributed by atoms with van der Waals surface area (Å²) in [5.41, 5.74) is 0.833. The molecule has 2 aromatic rings. The lowest BCUT2D eigenvalue weighted by Crippen LogP contribution is -3.13. The Balaban J connectivity index is 1.69. The first-order chi connectivity index (χ1) is 12.6. The molecule has 1 aromatic carbocycles. The second kappa shape index (κ2) is 8.41. The van der Waals surface area contributed by atoms with Crippen LogP contribution in [0.4, 0.5) is 0 Å². The Hall–Kier alpha value is -2.26. The number of piperidine rings is 1. The first kappa shape index (κ1) is 18.5. The van der Waals surface area contributed by atoms with E-state index in [1.165, 1.54) is 4.90 Å². The molecule has 3 rings (SSSR count). The number of carbonyl (C=O) groups is 1. The standard InChI is InChI=1S/C17H23N5O3S/c1-3-25-16(23)13-5-4-10-20(11-13)12-21-17(26)22(19-18-21)14-6-8-15(24-2)9-7-14/h6-9,13H,3-5,10-12H2,1-2H3/p+1/t13-/m1/s1. The summed E-state index contributed by atoms with van der Waals surface area (Å²) in [6, 6.07) is 7.49. The fourth-order valence-electron chi connectivity index (χ4n) is 3.23. The molecule has 1 saturated heterocycles. The Morgan fingerprint density at radius 3 is 2.81 bits per heavy atom. The van der Waals surface area contributed by atoms with Crippen molar-refractivity contribution in [3.63, 3.8) is 0 Å². The Morgan fingerprint density at radius 1 is 1.35 bits per heavy atom. The third-order valence-corrected chi connectivity index (χ3v) is 4.95. The average molecular weight is 378 g/mol. The number of aromatic nitrogens is 4. The molecular weight excluding hydrogens is 354 g/mol. The third-order valence-electron chi connectivity index (χ3n) is 4.57. The summed E-state index contributed by atoms with van der Waals surface area (Å²) in [4.78, 5) is 13.3. The number of esters is 1. The normalized spacial score (nSPS) is 19.9. The van der Waals surface area contributed by atoms with Crippen LogP contribution >= 0.6 is 12.2 Å². The van der Waals surface area contributed by atoms with Gasteiger partial charge in [-0.2, -0.15) is 9.36 Å². The van der Waals surface area contributed by atoms with Crippen molar-refractivity contribution in [2.75, 3.05) is 26.8 Å². The summed E-state index contributed by atoms with van der Waals surface area (Å²) >= 11 is 5.52. The number of nitrogens with zero attached hydrogens (tertiary/aromatic N) is 4. The molecule has 1 aliphatic rings. The van der Waals surface area contributed by atoms with Gasteiger partial charge in [0.1, 0.15) is 11.7 Å². The lowest BCUT2D eigenvalue weighted by molar-refractivity contribution is -0.930. The number of hydrogen-bond acceptors (Lipinski definition) is 6. The Morgan fingerprint density at radius 2 is 2.12 bits per heavy atom. The highest BCUT2D eigenvalue weighted by atomic mass is 32.1. The van der Waals surface area contributed by atoms with E-state index in [2.05, 4.69) is 10.4 Å². The topological polar surface area (TPSA) is 75.6 Å². The van der Waals surface area contributed by atoms with Crippen molar-refractivity contribution in [3.05, 3.63) is 29.0 Å². The summed E-state index contributed by atoms with van der Waals surface area (Å²) in [6.45, 7) is 4.56. The predicted octanol–water partition coefficient (Wildman–Crippen LogP) is 0.622. The maximum absolute atomic E-state index is 12.0. The molecule has 26 heavy (non-hydrogen) atoms. The number of hydrogen-bond donors (Lipinski definition) is 1. The summed E-state index contributed by atoms with van der Waals surface area (Å²) < 4.78 is 14.2. The van der Waals surface area contributed by atoms with Gasteiger partial charge >= 0.3 is 5.97 Å². The van der Waals surface area contributed by atoms with Gasteiger partial charge in [-0.1, -0.05) is 0 Å². The third kappa shape index (κ3) is 4.10. The number of carbonyl (C=O) groups excluding carboxylic acids is 1. The molecule has 1 aromatic heterocycles. The van der Waals surface area contributed by atoms with E-state index in [1.54, 1.807) is 16.5 Å². The van der Waals surface area contributed by atoms with E-state index in [0.29, 0.717) is 18.0 Å². The van der Waals surface area contributed by atoms with Crippen LogP contribution in [0.1, 0.15) is 19.8 Å². The van der Waals surface area contributed by atoms with E-state index in [1.807, 2.05) is 31.2 Å². The molecule has 0 bridgehead atoms. The SMILES string of the molecule is CCOC(=O)[C@@H]1CCC[NH+](Cn2nnn(-c3ccc(OC)cc3)c2=S)C1. The maximum Gasteiger partial charge on any atom is 0.314 e. The van der Waals surface area contributed by atoms with E-state index in [-0.39, 0.29) is 11.9 Å². The zero-order valence-electron chi connectivity index (χ0n) is 15.1. The highest BCUT2D eigenvalue weighted by Gasteiger charge is 2.30. The van der Waals surface area contributed by atoms with Crippen molar-refractivity contribution >= 4 is 18.2 Å². The number of benzene rings is 1. The molecule has 0 aliphatic carbocycles. The minimum absolute atomic E-state index is 0.0514. The maximum atomic E-state index is 12.0. The van der Waals surface area contributed by atoms with Gasteiger partial charge in [-0.05, 0) is 66.7 Å². The van der Waals surface area contributed by atoms with Crippen LogP contribution in [0.25, 0.3) is 5.69 Å². The molecule has 140 valence electrons. The van der Waals surface area contributed by atoms with Crippen LogP contribution in [0.2, 0.25) is 0 Å². The van der Waals surface area contributed by atoms with Crippen LogP contribution in [-0.2, 0) is 16.2 Å². The van der Waals surface area contributed by atoms with Crippen LogP contribution in [-0.4, -0.2) is 52.6 Å². The largest absolute Gasteiger partial charge is 0.497 e. The number of tetrazole rings is 1.